The first-order chi connectivity index (χ1) is 6.25. The number of halogens is 1. The van der Waals surface area contributed by atoms with Crippen LogP contribution in [0.2, 0.25) is 0 Å². The van der Waals surface area contributed by atoms with Gasteiger partial charge in [-0.15, -0.1) is 23.9 Å². The number of anilines is 1. The molecule has 0 aliphatic carbocycles. The molecule has 0 atom stereocenters. The van der Waals surface area contributed by atoms with Crippen LogP contribution in [-0.2, 0) is 20.1 Å². The summed E-state index contributed by atoms with van der Waals surface area (Å²) in [5, 5.41) is 0. The van der Waals surface area contributed by atoms with Crippen molar-refractivity contribution in [2.45, 2.75) is 0 Å². The van der Waals surface area contributed by atoms with Gasteiger partial charge in [0.2, 0.25) is 0 Å². The minimum Gasteiger partial charge on any atom is -0.510 e. The summed E-state index contributed by atoms with van der Waals surface area (Å²) in [5.74, 6) is -0.264. The first-order valence-electron chi connectivity index (χ1n) is 3.96. The van der Waals surface area contributed by atoms with E-state index >= 15 is 0 Å². The average Bonchev–Trinajstić information content (AvgIpc) is 2.53. The molecule has 0 amide bonds. The third-order valence-corrected chi connectivity index (χ3v) is 1.81. The molecule has 1 radical (unpaired) electrons. The molecule has 14 heavy (non-hydrogen) atoms. The monoisotopic (exact) mass is 369 g/mol. The van der Waals surface area contributed by atoms with Crippen molar-refractivity contribution in [3.8, 4) is 0 Å². The molecule has 4 heteroatoms. The van der Waals surface area contributed by atoms with Crippen molar-refractivity contribution in [2.75, 3.05) is 11.9 Å². The van der Waals surface area contributed by atoms with E-state index in [0.717, 1.165) is 5.69 Å². The summed E-state index contributed by atoms with van der Waals surface area (Å²) in [4.78, 5) is 3.79. The Morgan fingerprint density at radius 1 is 1.36 bits per heavy atom. The Balaban J connectivity index is 0.000000980. The molecule has 0 saturated heterocycles. The van der Waals surface area contributed by atoms with Gasteiger partial charge in [0, 0.05) is 25.9 Å². The average molecular weight is 368 g/mol. The Labute approximate surface area is 96.4 Å². The van der Waals surface area contributed by atoms with Gasteiger partial charge in [-0.1, -0.05) is 0 Å². The molecule has 0 bridgehead atoms. The molecule has 1 heterocycles. The van der Waals surface area contributed by atoms with Crippen molar-refractivity contribution in [2.24, 2.45) is 0 Å². The number of rotatable bonds is 1. The van der Waals surface area contributed by atoms with Crippen LogP contribution in [0.5, 0.6) is 0 Å². The molecule has 77 valence electrons. The van der Waals surface area contributed by atoms with Crippen LogP contribution in [0.3, 0.4) is 0 Å². The van der Waals surface area contributed by atoms with Crippen LogP contribution in [0.4, 0.5) is 10.1 Å². The fourth-order valence-electron chi connectivity index (χ4n) is 1.15. The molecule has 2 rings (SSSR count). The molecule has 1 aliphatic rings. The van der Waals surface area contributed by atoms with E-state index in [9.17, 15) is 4.39 Å². The van der Waals surface area contributed by atoms with Crippen molar-refractivity contribution < 1.29 is 24.5 Å². The van der Waals surface area contributed by atoms with Crippen molar-refractivity contribution >= 4 is 5.69 Å². The van der Waals surface area contributed by atoms with Crippen LogP contribution in [-0.4, -0.2) is 11.9 Å². The zero-order valence-corrected chi connectivity index (χ0v) is 9.96. The standard InChI is InChI=1S/C10H9FN2.Ir/c1-12-6-7-13(8-12)10-4-2-9(11)3-5-10;/h2-4,6-8H,1H3;/q-2;. The zero-order valence-electron chi connectivity index (χ0n) is 7.57. The van der Waals surface area contributed by atoms with Gasteiger partial charge in [0.15, 0.2) is 0 Å². The normalized spacial score (nSPS) is 14.4. The summed E-state index contributed by atoms with van der Waals surface area (Å²) in [6.45, 7) is 1.89. The SMILES string of the molecule is CN1C=CN(c2[c-]cc(F)cc2)[CH-]1.[Ir]. The van der Waals surface area contributed by atoms with Gasteiger partial charge in [-0.25, -0.2) is 0 Å². The molecule has 0 fully saturated rings. The van der Waals surface area contributed by atoms with E-state index in [1.165, 1.54) is 12.1 Å². The number of benzene rings is 1. The van der Waals surface area contributed by atoms with Crippen LogP contribution in [0.25, 0.3) is 0 Å². The molecule has 0 spiro atoms. The molecule has 0 N–H and O–H groups in total. The van der Waals surface area contributed by atoms with Crippen molar-refractivity contribution in [3.63, 3.8) is 0 Å². The van der Waals surface area contributed by atoms with Crippen LogP contribution in [0, 0.1) is 18.6 Å². The van der Waals surface area contributed by atoms with Crippen molar-refractivity contribution in [1.82, 2.24) is 4.90 Å². The van der Waals surface area contributed by atoms with Gasteiger partial charge >= 0.3 is 0 Å². The molecule has 1 aromatic carbocycles. The molecule has 0 aromatic heterocycles. The van der Waals surface area contributed by atoms with Crippen molar-refractivity contribution in [3.05, 3.63) is 49.2 Å². The Morgan fingerprint density at radius 3 is 2.64 bits per heavy atom. The number of hydrogen-bond acceptors (Lipinski definition) is 2. The van der Waals surface area contributed by atoms with Crippen LogP contribution in [0.15, 0.2) is 30.6 Å². The number of hydrogen-bond donors (Lipinski definition) is 0. The van der Waals surface area contributed by atoms with Crippen LogP contribution < -0.4 is 4.90 Å². The van der Waals surface area contributed by atoms with Gasteiger partial charge in [-0.05, 0) is 19.4 Å². The van der Waals surface area contributed by atoms with Gasteiger partial charge in [0.1, 0.15) is 0 Å². The maximum Gasteiger partial charge on any atom is 0.00884 e. The van der Waals surface area contributed by atoms with Crippen LogP contribution in [0.1, 0.15) is 0 Å². The molecule has 2 nitrogen and oxygen atoms in total. The molecular formula is C10H9FIrN2-2. The topological polar surface area (TPSA) is 6.48 Å². The van der Waals surface area contributed by atoms with E-state index in [0.29, 0.717) is 0 Å². The maximum absolute atomic E-state index is 12.6. The Kier molecular flexibility index (Phi) is 3.67. The van der Waals surface area contributed by atoms with Gasteiger partial charge in [0.25, 0.3) is 0 Å². The zero-order chi connectivity index (χ0) is 9.26. The van der Waals surface area contributed by atoms with Gasteiger partial charge in [0.05, 0.1) is 0 Å². The quantitative estimate of drug-likeness (QED) is 0.700. The van der Waals surface area contributed by atoms with E-state index < -0.39 is 0 Å². The molecular weight excluding hydrogens is 359 g/mol. The molecule has 1 aromatic rings. The van der Waals surface area contributed by atoms with Gasteiger partial charge in [-0.2, -0.15) is 12.7 Å². The molecule has 0 saturated carbocycles. The molecule has 1 aliphatic heterocycles. The Morgan fingerprint density at radius 2 is 2.14 bits per heavy atom. The minimum atomic E-state index is -0.264. The van der Waals surface area contributed by atoms with Crippen molar-refractivity contribution in [1.29, 1.82) is 0 Å². The van der Waals surface area contributed by atoms with E-state index in [4.69, 9.17) is 0 Å². The van der Waals surface area contributed by atoms with Gasteiger partial charge in [-0.3, -0.25) is 4.39 Å². The molecule has 0 unspecified atom stereocenters. The summed E-state index contributed by atoms with van der Waals surface area (Å²) >= 11 is 0. The first kappa shape index (κ1) is 11.2. The summed E-state index contributed by atoms with van der Waals surface area (Å²) in [7, 11) is 1.93. The third-order valence-electron chi connectivity index (χ3n) is 1.81. The smallest absolute Gasteiger partial charge is 0.00884 e. The second kappa shape index (κ2) is 4.58. The van der Waals surface area contributed by atoms with E-state index in [-0.39, 0.29) is 25.9 Å². The predicted octanol–water partition coefficient (Wildman–Crippen LogP) is 1.97. The summed E-state index contributed by atoms with van der Waals surface area (Å²) in [6.07, 6.45) is 3.81. The number of nitrogens with zero attached hydrogens (tertiary/aromatic N) is 2. The minimum absolute atomic E-state index is 0. The Bertz CT molecular complexity index is 323. The first-order valence-corrected chi connectivity index (χ1v) is 3.96. The third kappa shape index (κ3) is 2.34. The van der Waals surface area contributed by atoms with E-state index in [2.05, 4.69) is 6.07 Å². The van der Waals surface area contributed by atoms with E-state index in [1.807, 2.05) is 35.9 Å². The Hall–Kier alpha value is -0.861. The largest absolute Gasteiger partial charge is 0.510 e. The second-order valence-electron chi connectivity index (χ2n) is 2.88. The summed E-state index contributed by atoms with van der Waals surface area (Å²) in [6, 6.07) is 7.28. The predicted molar refractivity (Wildman–Crippen MR) is 48.9 cm³/mol. The maximum atomic E-state index is 12.6. The fourth-order valence-corrected chi connectivity index (χ4v) is 1.15. The van der Waals surface area contributed by atoms with E-state index in [1.54, 1.807) is 6.07 Å². The van der Waals surface area contributed by atoms with Crippen LogP contribution >= 0.6 is 0 Å². The van der Waals surface area contributed by atoms with Gasteiger partial charge < -0.3 is 9.80 Å². The second-order valence-corrected chi connectivity index (χ2v) is 2.88. The fraction of sp³-hybridized carbons (Fsp3) is 0.100. The summed E-state index contributed by atoms with van der Waals surface area (Å²) < 4.78 is 12.6. The summed E-state index contributed by atoms with van der Waals surface area (Å²) in [5.41, 5.74) is 0.835.